The van der Waals surface area contributed by atoms with Crippen molar-refractivity contribution in [1.82, 2.24) is 14.7 Å². The summed E-state index contributed by atoms with van der Waals surface area (Å²) in [5.74, 6) is -1.00. The summed E-state index contributed by atoms with van der Waals surface area (Å²) < 4.78 is 3.17. The molecule has 1 fully saturated rings. The molecule has 4 rings (SSSR count). The molecule has 0 radical (unpaired) electrons. The first kappa shape index (κ1) is 25.4. The lowest BCUT2D eigenvalue weighted by Gasteiger charge is -2.22. The van der Waals surface area contributed by atoms with Crippen molar-refractivity contribution in [2.45, 2.75) is 45.1 Å². The standard InChI is InChI=1S/C27H29N7O3/c1-18-24(27(37)34(33(18)2)22-14-7-4-8-15-22)30-25(35)19-10-9-13-21(16-19)31-32-23(17-28)26(36)29-20-11-5-3-6-12-20/h4,7-10,13-16,20,31H,3,5-6,11-12H2,1-2H3,(H,29,36)(H,30,35)/b32-23+. The van der Waals surface area contributed by atoms with Gasteiger partial charge in [-0.25, -0.2) is 4.68 Å². The normalized spacial score (nSPS) is 14.0. The lowest BCUT2D eigenvalue weighted by molar-refractivity contribution is -0.115. The van der Waals surface area contributed by atoms with Gasteiger partial charge in [-0.1, -0.05) is 43.5 Å². The maximum Gasteiger partial charge on any atom is 0.295 e. The SMILES string of the molecule is Cc1c(NC(=O)c2cccc(N/N=C(\C#N)C(=O)NC3CCCCC3)c2)c(=O)n(-c2ccccc2)n1C. The predicted octanol–water partition coefficient (Wildman–Crippen LogP) is 3.48. The Morgan fingerprint density at radius 2 is 1.78 bits per heavy atom. The Balaban J connectivity index is 1.48. The zero-order chi connectivity index (χ0) is 26.4. The second kappa shape index (κ2) is 11.4. The molecule has 0 bridgehead atoms. The topological polar surface area (TPSA) is 133 Å². The minimum atomic E-state index is -0.523. The number of benzene rings is 2. The third-order valence-corrected chi connectivity index (χ3v) is 6.48. The molecule has 1 aliphatic rings. The Bertz CT molecular complexity index is 1420. The lowest BCUT2D eigenvalue weighted by atomic mass is 9.95. The van der Waals surface area contributed by atoms with Crippen LogP contribution in [0.3, 0.4) is 0 Å². The van der Waals surface area contributed by atoms with Crippen molar-refractivity contribution in [2.75, 3.05) is 10.7 Å². The van der Waals surface area contributed by atoms with Crippen molar-refractivity contribution in [1.29, 1.82) is 5.26 Å². The van der Waals surface area contributed by atoms with Crippen LogP contribution in [0, 0.1) is 18.3 Å². The molecule has 10 heteroatoms. The molecular formula is C27H29N7O3. The van der Waals surface area contributed by atoms with Gasteiger partial charge in [0.15, 0.2) is 0 Å². The summed E-state index contributed by atoms with van der Waals surface area (Å²) in [4.78, 5) is 38.5. The molecule has 10 nitrogen and oxygen atoms in total. The van der Waals surface area contributed by atoms with Gasteiger partial charge in [-0.2, -0.15) is 10.4 Å². The number of hydrogen-bond acceptors (Lipinski definition) is 6. The quantitative estimate of drug-likeness (QED) is 0.338. The number of carbonyl (C=O) groups excluding carboxylic acids is 2. The molecule has 0 atom stereocenters. The number of hydrazone groups is 1. The van der Waals surface area contributed by atoms with Gasteiger partial charge in [0.05, 0.1) is 17.1 Å². The van der Waals surface area contributed by atoms with Crippen LogP contribution in [0.15, 0.2) is 64.5 Å². The first-order valence-corrected chi connectivity index (χ1v) is 12.2. The first-order valence-electron chi connectivity index (χ1n) is 12.2. The molecule has 1 aliphatic carbocycles. The summed E-state index contributed by atoms with van der Waals surface area (Å²) in [5, 5.41) is 18.9. The highest BCUT2D eigenvalue weighted by molar-refractivity contribution is 6.45. The minimum absolute atomic E-state index is 0.0553. The molecule has 1 saturated carbocycles. The van der Waals surface area contributed by atoms with E-state index in [1.807, 2.05) is 36.4 Å². The van der Waals surface area contributed by atoms with Crippen LogP contribution in [-0.2, 0) is 11.8 Å². The molecule has 1 heterocycles. The van der Waals surface area contributed by atoms with Gasteiger partial charge in [-0.15, -0.1) is 0 Å². The predicted molar refractivity (Wildman–Crippen MR) is 142 cm³/mol. The molecule has 190 valence electrons. The Morgan fingerprint density at radius 1 is 1.05 bits per heavy atom. The number of carbonyl (C=O) groups is 2. The van der Waals surface area contributed by atoms with Gasteiger partial charge in [0.1, 0.15) is 11.8 Å². The van der Waals surface area contributed by atoms with E-state index in [-0.39, 0.29) is 28.6 Å². The van der Waals surface area contributed by atoms with Crippen molar-refractivity contribution < 1.29 is 9.59 Å². The number of amides is 2. The molecule has 1 aromatic heterocycles. The second-order valence-electron chi connectivity index (χ2n) is 8.96. The number of rotatable bonds is 7. The van der Waals surface area contributed by atoms with E-state index >= 15 is 0 Å². The van der Waals surface area contributed by atoms with Crippen LogP contribution in [0.1, 0.15) is 48.2 Å². The highest BCUT2D eigenvalue weighted by Gasteiger charge is 2.20. The highest BCUT2D eigenvalue weighted by atomic mass is 16.2. The van der Waals surface area contributed by atoms with Crippen molar-refractivity contribution in [3.05, 3.63) is 76.2 Å². The number of hydrogen-bond donors (Lipinski definition) is 3. The fraction of sp³-hybridized carbons (Fsp3) is 0.296. The Labute approximate surface area is 214 Å². The monoisotopic (exact) mass is 499 g/mol. The fourth-order valence-corrected chi connectivity index (χ4v) is 4.38. The lowest BCUT2D eigenvalue weighted by Crippen LogP contribution is -2.40. The van der Waals surface area contributed by atoms with Crippen LogP contribution < -0.4 is 21.6 Å². The van der Waals surface area contributed by atoms with Crippen LogP contribution >= 0.6 is 0 Å². The number of para-hydroxylation sites is 1. The van der Waals surface area contributed by atoms with Crippen molar-refractivity contribution in [2.24, 2.45) is 12.1 Å². The van der Waals surface area contributed by atoms with Crippen LogP contribution in [0.2, 0.25) is 0 Å². The zero-order valence-corrected chi connectivity index (χ0v) is 20.8. The highest BCUT2D eigenvalue weighted by Crippen LogP contribution is 2.18. The molecule has 37 heavy (non-hydrogen) atoms. The van der Waals surface area contributed by atoms with Gasteiger partial charge >= 0.3 is 0 Å². The van der Waals surface area contributed by atoms with Gasteiger partial charge in [-0.3, -0.25) is 24.5 Å². The zero-order valence-electron chi connectivity index (χ0n) is 20.8. The molecule has 3 aromatic rings. The number of anilines is 2. The molecule has 0 saturated heterocycles. The summed E-state index contributed by atoms with van der Waals surface area (Å²) in [6.45, 7) is 1.75. The molecule has 2 amide bonds. The van der Waals surface area contributed by atoms with Gasteiger partial charge in [0.2, 0.25) is 5.71 Å². The van der Waals surface area contributed by atoms with Crippen molar-refractivity contribution in [3.63, 3.8) is 0 Å². The summed E-state index contributed by atoms with van der Waals surface area (Å²) in [6, 6.07) is 17.5. The van der Waals surface area contributed by atoms with Crippen LogP contribution in [-0.4, -0.2) is 32.9 Å². The number of aromatic nitrogens is 2. The smallest absolute Gasteiger partial charge is 0.295 e. The van der Waals surface area contributed by atoms with E-state index in [1.54, 1.807) is 36.9 Å². The van der Waals surface area contributed by atoms with Crippen LogP contribution in [0.5, 0.6) is 0 Å². The number of nitriles is 1. The molecule has 3 N–H and O–H groups in total. The summed E-state index contributed by atoms with van der Waals surface area (Å²) in [7, 11) is 1.75. The van der Waals surface area contributed by atoms with Crippen molar-refractivity contribution in [3.8, 4) is 11.8 Å². The Morgan fingerprint density at radius 3 is 2.49 bits per heavy atom. The van der Waals surface area contributed by atoms with Gasteiger partial charge in [0.25, 0.3) is 17.4 Å². The van der Waals surface area contributed by atoms with Crippen LogP contribution in [0.4, 0.5) is 11.4 Å². The van der Waals surface area contributed by atoms with Crippen LogP contribution in [0.25, 0.3) is 5.69 Å². The number of nitrogens with zero attached hydrogens (tertiary/aromatic N) is 4. The molecule has 0 spiro atoms. The maximum atomic E-state index is 13.1. The van der Waals surface area contributed by atoms with Gasteiger partial charge in [0, 0.05) is 18.7 Å². The average molecular weight is 500 g/mol. The maximum absolute atomic E-state index is 13.1. The Hall–Kier alpha value is -4.65. The third-order valence-electron chi connectivity index (χ3n) is 6.48. The van der Waals surface area contributed by atoms with E-state index in [1.165, 1.54) is 10.7 Å². The van der Waals surface area contributed by atoms with E-state index in [4.69, 9.17) is 0 Å². The first-order chi connectivity index (χ1) is 17.9. The molecule has 0 unspecified atom stereocenters. The summed E-state index contributed by atoms with van der Waals surface area (Å²) in [5.41, 5.74) is 4.20. The minimum Gasteiger partial charge on any atom is -0.347 e. The van der Waals surface area contributed by atoms with E-state index in [2.05, 4.69) is 21.2 Å². The second-order valence-corrected chi connectivity index (χ2v) is 8.96. The average Bonchev–Trinajstić information content (AvgIpc) is 3.13. The summed E-state index contributed by atoms with van der Waals surface area (Å²) >= 11 is 0. The third kappa shape index (κ3) is 5.78. The van der Waals surface area contributed by atoms with E-state index in [0.29, 0.717) is 17.1 Å². The molecular weight excluding hydrogens is 470 g/mol. The molecule has 2 aromatic carbocycles. The van der Waals surface area contributed by atoms with E-state index < -0.39 is 11.8 Å². The largest absolute Gasteiger partial charge is 0.347 e. The summed E-state index contributed by atoms with van der Waals surface area (Å²) in [6.07, 6.45) is 5.06. The van der Waals surface area contributed by atoms with E-state index in [9.17, 15) is 19.6 Å². The van der Waals surface area contributed by atoms with Gasteiger partial charge < -0.3 is 10.6 Å². The molecule has 0 aliphatic heterocycles. The fourth-order valence-electron chi connectivity index (χ4n) is 4.38. The Kier molecular flexibility index (Phi) is 7.83. The number of nitrogens with one attached hydrogen (secondary N) is 3. The van der Waals surface area contributed by atoms with Crippen molar-refractivity contribution >= 4 is 28.9 Å². The van der Waals surface area contributed by atoms with E-state index in [0.717, 1.165) is 32.1 Å². The van der Waals surface area contributed by atoms with Gasteiger partial charge in [-0.05, 0) is 50.1 Å².